The van der Waals surface area contributed by atoms with Crippen LogP contribution in [-0.4, -0.2) is 49.1 Å². The molecular weight excluding hydrogens is 399 g/mol. The molecule has 1 atom stereocenters. The molecule has 0 saturated heterocycles. The first kappa shape index (κ1) is 22.9. The summed E-state index contributed by atoms with van der Waals surface area (Å²) in [5, 5.41) is -0.149. The van der Waals surface area contributed by atoms with Gasteiger partial charge in [0.15, 0.2) is 5.37 Å². The fourth-order valence-electron chi connectivity index (χ4n) is 1.96. The predicted octanol–water partition coefficient (Wildman–Crippen LogP) is -2.07. The third kappa shape index (κ3) is 5.95. The second kappa shape index (κ2) is 9.70. The van der Waals surface area contributed by atoms with Crippen molar-refractivity contribution in [2.24, 2.45) is 0 Å². The number of amides is 2. The van der Waals surface area contributed by atoms with E-state index in [1.54, 1.807) is 24.3 Å². The number of methoxy groups -OCH3 is 1. The van der Waals surface area contributed by atoms with E-state index in [1.165, 1.54) is 7.11 Å². The average Bonchev–Trinajstić information content (AvgIpc) is 2.56. The molecule has 0 radical (unpaired) electrons. The molecule has 0 bridgehead atoms. The van der Waals surface area contributed by atoms with Crippen molar-refractivity contribution in [2.75, 3.05) is 13.8 Å². The van der Waals surface area contributed by atoms with E-state index in [9.17, 15) is 22.6 Å². The third-order valence-electron chi connectivity index (χ3n) is 3.21. The van der Waals surface area contributed by atoms with Gasteiger partial charge in [0.2, 0.25) is 0 Å². The summed E-state index contributed by atoms with van der Waals surface area (Å²) in [5.74, 6) is -0.458. The maximum Gasteiger partial charge on any atom is 1.00 e. The number of benzene rings is 1. The first-order chi connectivity index (χ1) is 11.7. The molecule has 1 heterocycles. The van der Waals surface area contributed by atoms with Crippen LogP contribution in [0.15, 0.2) is 35.5 Å². The zero-order valence-corrected chi connectivity index (χ0v) is 17.5. The van der Waals surface area contributed by atoms with Gasteiger partial charge in [0, 0.05) is 6.20 Å². The van der Waals surface area contributed by atoms with E-state index in [4.69, 9.17) is 16.3 Å². The number of hydrogen-bond acceptors (Lipinski definition) is 7. The zero-order chi connectivity index (χ0) is 18.6. The van der Waals surface area contributed by atoms with Crippen LogP contribution >= 0.6 is 11.6 Å². The standard InChI is InChI=1S/C14H15ClN2O7S.Na/c1-23-13(18)10-4-2-9(3-5-10)7-24-8-17-6-11(15)12(16-14(17)19)25(20,21)22;/h2-6,12H,7-8H2,1H3,(H,16,19)(H,20,21,22);/q;+1/p-1. The monoisotopic (exact) mass is 412 g/mol. The number of nitrogens with one attached hydrogen (secondary N) is 1. The van der Waals surface area contributed by atoms with Gasteiger partial charge >= 0.3 is 41.6 Å². The molecule has 2 rings (SSSR count). The predicted molar refractivity (Wildman–Crippen MR) is 85.2 cm³/mol. The quantitative estimate of drug-likeness (QED) is 0.323. The number of urea groups is 1. The second-order valence-corrected chi connectivity index (χ2v) is 6.87. The van der Waals surface area contributed by atoms with Crippen molar-refractivity contribution in [3.05, 3.63) is 46.6 Å². The van der Waals surface area contributed by atoms with E-state index in [-0.39, 0.29) is 47.9 Å². The molecular formula is C14H14ClN2NaO7S. The van der Waals surface area contributed by atoms with Gasteiger partial charge in [0.05, 0.1) is 24.3 Å². The molecule has 1 unspecified atom stereocenters. The molecule has 1 aromatic rings. The second-order valence-electron chi connectivity index (χ2n) is 4.97. The number of nitrogens with zero attached hydrogens (tertiary/aromatic N) is 1. The third-order valence-corrected chi connectivity index (χ3v) is 4.60. The van der Waals surface area contributed by atoms with Crippen LogP contribution in [0.2, 0.25) is 0 Å². The molecule has 1 aromatic carbocycles. The molecule has 1 N–H and O–H groups in total. The molecule has 2 amide bonds. The van der Waals surface area contributed by atoms with Crippen LogP contribution in [0.4, 0.5) is 4.79 Å². The van der Waals surface area contributed by atoms with Gasteiger partial charge in [0.25, 0.3) is 0 Å². The van der Waals surface area contributed by atoms with Crippen molar-refractivity contribution >= 4 is 33.7 Å². The van der Waals surface area contributed by atoms with E-state index < -0.39 is 27.5 Å². The maximum atomic E-state index is 11.8. The van der Waals surface area contributed by atoms with Gasteiger partial charge in [0.1, 0.15) is 16.8 Å². The summed E-state index contributed by atoms with van der Waals surface area (Å²) in [6, 6.07) is 5.63. The van der Waals surface area contributed by atoms with Gasteiger partial charge in [-0.2, -0.15) is 0 Å². The number of ether oxygens (including phenoxy) is 2. The number of hydrogen-bond donors (Lipinski definition) is 1. The molecule has 9 nitrogen and oxygen atoms in total. The largest absolute Gasteiger partial charge is 1.00 e. The Hall–Kier alpha value is -1.14. The first-order valence-corrected chi connectivity index (χ1v) is 8.71. The van der Waals surface area contributed by atoms with Gasteiger partial charge in [-0.1, -0.05) is 23.7 Å². The van der Waals surface area contributed by atoms with Crippen LogP contribution in [0.5, 0.6) is 0 Å². The van der Waals surface area contributed by atoms with Crippen LogP contribution in [0.1, 0.15) is 15.9 Å². The molecule has 0 fully saturated rings. The van der Waals surface area contributed by atoms with Crippen molar-refractivity contribution in [1.29, 1.82) is 0 Å². The van der Waals surface area contributed by atoms with Gasteiger partial charge < -0.3 is 19.3 Å². The van der Waals surface area contributed by atoms with Crippen molar-refractivity contribution in [2.45, 2.75) is 12.0 Å². The molecule has 12 heteroatoms. The average molecular weight is 413 g/mol. The Labute approximate surface area is 177 Å². The molecule has 0 saturated carbocycles. The molecule has 0 aliphatic carbocycles. The Balaban J connectivity index is 0.00000338. The summed E-state index contributed by atoms with van der Waals surface area (Å²) in [4.78, 5) is 24.1. The molecule has 0 aromatic heterocycles. The van der Waals surface area contributed by atoms with Crippen LogP contribution in [-0.2, 0) is 26.2 Å². The summed E-state index contributed by atoms with van der Waals surface area (Å²) in [5.41, 5.74) is 1.13. The number of rotatable bonds is 6. The summed E-state index contributed by atoms with van der Waals surface area (Å²) >= 11 is 5.71. The minimum absolute atomic E-state index is 0. The Bertz CT molecular complexity index is 798. The Morgan fingerprint density at radius 2 is 1.96 bits per heavy atom. The normalized spacial score (nSPS) is 17.0. The van der Waals surface area contributed by atoms with E-state index in [0.717, 1.165) is 16.7 Å². The van der Waals surface area contributed by atoms with Crippen molar-refractivity contribution in [3.63, 3.8) is 0 Å². The van der Waals surface area contributed by atoms with Gasteiger partial charge in [-0.15, -0.1) is 0 Å². The molecule has 26 heavy (non-hydrogen) atoms. The van der Waals surface area contributed by atoms with Crippen LogP contribution in [0.25, 0.3) is 0 Å². The number of carbonyl (C=O) groups excluding carboxylic acids is 2. The van der Waals surface area contributed by atoms with Gasteiger partial charge in [-0.05, 0) is 17.7 Å². The summed E-state index contributed by atoms with van der Waals surface area (Å²) in [6.07, 6.45) is 1.03. The Morgan fingerprint density at radius 1 is 1.35 bits per heavy atom. The summed E-state index contributed by atoms with van der Waals surface area (Å²) in [6.45, 7) is -0.0909. The molecule has 136 valence electrons. The number of esters is 1. The van der Waals surface area contributed by atoms with Crippen LogP contribution < -0.4 is 34.9 Å². The Kier molecular flexibility index (Phi) is 8.54. The smallest absolute Gasteiger partial charge is 0.746 e. The number of halogens is 1. The van der Waals surface area contributed by atoms with E-state index in [2.05, 4.69) is 4.74 Å². The Morgan fingerprint density at radius 3 is 2.50 bits per heavy atom. The SMILES string of the molecule is COC(=O)c1ccc(COCN2C=C(Cl)C(S(=O)(=O)[O-])NC2=O)cc1.[Na+]. The molecule has 0 spiro atoms. The van der Waals surface area contributed by atoms with Gasteiger partial charge in [-0.25, -0.2) is 18.0 Å². The minimum atomic E-state index is -4.80. The first-order valence-electron chi connectivity index (χ1n) is 6.86. The van der Waals surface area contributed by atoms with Crippen LogP contribution in [0.3, 0.4) is 0 Å². The fraction of sp³-hybridized carbons (Fsp3) is 0.286. The molecule has 1 aliphatic rings. The van der Waals surface area contributed by atoms with Crippen molar-refractivity contribution < 1.29 is 61.6 Å². The van der Waals surface area contributed by atoms with E-state index >= 15 is 0 Å². The summed E-state index contributed by atoms with van der Waals surface area (Å²) < 4.78 is 42.8. The van der Waals surface area contributed by atoms with E-state index in [1.807, 2.05) is 5.32 Å². The maximum absolute atomic E-state index is 11.8. The number of carbonyl (C=O) groups is 2. The van der Waals surface area contributed by atoms with E-state index in [0.29, 0.717) is 5.56 Å². The van der Waals surface area contributed by atoms with Crippen molar-refractivity contribution in [3.8, 4) is 0 Å². The van der Waals surface area contributed by atoms with Crippen LogP contribution in [0, 0.1) is 0 Å². The molecule has 1 aliphatic heterocycles. The summed E-state index contributed by atoms with van der Waals surface area (Å²) in [7, 11) is -3.51. The fourth-order valence-corrected chi connectivity index (χ4v) is 3.04. The zero-order valence-electron chi connectivity index (χ0n) is 14.0. The minimum Gasteiger partial charge on any atom is -0.746 e. The van der Waals surface area contributed by atoms with Gasteiger partial charge in [-0.3, -0.25) is 4.90 Å². The topological polar surface area (TPSA) is 125 Å². The van der Waals surface area contributed by atoms with Crippen molar-refractivity contribution in [1.82, 2.24) is 10.2 Å².